The van der Waals surface area contributed by atoms with Crippen molar-refractivity contribution in [1.82, 2.24) is 4.98 Å². The van der Waals surface area contributed by atoms with Gasteiger partial charge in [-0.25, -0.2) is 4.79 Å². The van der Waals surface area contributed by atoms with Gasteiger partial charge in [-0.05, 0) is 79.6 Å². The van der Waals surface area contributed by atoms with Crippen LogP contribution in [0.4, 0.5) is 11.4 Å². The lowest BCUT2D eigenvalue weighted by Crippen LogP contribution is -2.23. The van der Waals surface area contributed by atoms with Gasteiger partial charge >= 0.3 is 5.97 Å². The van der Waals surface area contributed by atoms with Gasteiger partial charge in [-0.3, -0.25) is 14.6 Å². The lowest BCUT2D eigenvalue weighted by Gasteiger charge is -2.21. The highest BCUT2D eigenvalue weighted by Crippen LogP contribution is 2.49. The molecule has 0 spiro atoms. The maximum absolute atomic E-state index is 13.2. The molecule has 3 aromatic rings. The van der Waals surface area contributed by atoms with E-state index in [2.05, 4.69) is 4.98 Å². The third kappa shape index (κ3) is 4.46. The molecule has 6 nitrogen and oxygen atoms in total. The first-order valence-corrected chi connectivity index (χ1v) is 12.1. The average molecular weight is 489 g/mol. The molecule has 0 aliphatic heterocycles. The number of aromatic nitrogens is 1. The van der Waals surface area contributed by atoms with E-state index in [1.165, 1.54) is 18.2 Å². The predicted octanol–water partition coefficient (Wildman–Crippen LogP) is 6.05. The largest absolute Gasteiger partial charge is 0.478 e. The fraction of sp³-hybridized carbons (Fsp3) is 0.286. The Balaban J connectivity index is 1.37. The number of carbonyl (C=O) groups is 3. The molecule has 0 saturated heterocycles. The van der Waals surface area contributed by atoms with Crippen molar-refractivity contribution in [3.63, 3.8) is 0 Å². The molecule has 2 saturated carbocycles. The molecule has 2 fully saturated rings. The number of aromatic carboxylic acids is 1. The molecule has 2 aromatic carbocycles. The van der Waals surface area contributed by atoms with Gasteiger partial charge in [-0.2, -0.15) is 0 Å². The normalized spacial score (nSPS) is 20.6. The van der Waals surface area contributed by atoms with Crippen molar-refractivity contribution in [2.75, 3.05) is 11.9 Å². The van der Waals surface area contributed by atoms with Gasteiger partial charge in [0.15, 0.2) is 5.78 Å². The number of pyridine rings is 1. The second kappa shape index (κ2) is 9.27. The summed E-state index contributed by atoms with van der Waals surface area (Å²) in [5, 5.41) is 10.4. The van der Waals surface area contributed by atoms with Gasteiger partial charge in [0.1, 0.15) is 5.69 Å². The van der Waals surface area contributed by atoms with Crippen LogP contribution in [0.3, 0.4) is 0 Å². The number of hydrogen-bond acceptors (Lipinski definition) is 5. The van der Waals surface area contributed by atoms with Crippen LogP contribution in [-0.2, 0) is 0 Å². The van der Waals surface area contributed by atoms with Crippen LogP contribution in [0.25, 0.3) is 0 Å². The molecule has 0 amide bonds. The first-order valence-electron chi connectivity index (χ1n) is 11.7. The molecule has 2 aliphatic rings. The van der Waals surface area contributed by atoms with Crippen molar-refractivity contribution in [2.45, 2.75) is 25.7 Å². The van der Waals surface area contributed by atoms with Crippen molar-refractivity contribution >= 4 is 40.5 Å². The maximum Gasteiger partial charge on any atom is 0.336 e. The summed E-state index contributed by atoms with van der Waals surface area (Å²) in [4.78, 5) is 44.5. The summed E-state index contributed by atoms with van der Waals surface area (Å²) < 4.78 is 0. The fourth-order valence-corrected chi connectivity index (χ4v) is 5.65. The smallest absolute Gasteiger partial charge is 0.336 e. The number of fused-ring (bicyclic) bond motifs is 2. The summed E-state index contributed by atoms with van der Waals surface area (Å²) >= 11 is 5.96. The zero-order chi connectivity index (χ0) is 24.7. The van der Waals surface area contributed by atoms with Crippen LogP contribution in [0.2, 0.25) is 5.02 Å². The van der Waals surface area contributed by atoms with Crippen LogP contribution in [0.15, 0.2) is 60.8 Å². The summed E-state index contributed by atoms with van der Waals surface area (Å²) in [5.41, 5.74) is 2.15. The van der Waals surface area contributed by atoms with Crippen LogP contribution in [-0.4, -0.2) is 34.7 Å². The number of carboxylic acid groups (broad SMARTS) is 1. The number of nitrogens with zero attached hydrogens (tertiary/aromatic N) is 2. The Bertz CT molecular complexity index is 1300. The van der Waals surface area contributed by atoms with Gasteiger partial charge in [0.25, 0.3) is 0 Å². The minimum atomic E-state index is -1.21. The molecule has 1 aromatic heterocycles. The molecule has 2 bridgehead atoms. The maximum atomic E-state index is 13.2. The van der Waals surface area contributed by atoms with Gasteiger partial charge in [0.2, 0.25) is 5.78 Å². The number of carbonyl (C=O) groups excluding carboxylic acids is 2. The molecule has 0 radical (unpaired) electrons. The van der Waals surface area contributed by atoms with E-state index >= 15 is 0 Å². The monoisotopic (exact) mass is 488 g/mol. The van der Waals surface area contributed by atoms with E-state index in [9.17, 15) is 19.5 Å². The SMILES string of the molecule is CN(c1ccc(Cl)cc1)c1ccc(C(=O)c2ccc(C(=O)C3CC4CCC3C4)c(C(=O)O)c2)nc1. The second-order valence-corrected chi connectivity index (χ2v) is 9.91. The van der Waals surface area contributed by atoms with Crippen molar-refractivity contribution in [1.29, 1.82) is 0 Å². The third-order valence-corrected chi connectivity index (χ3v) is 7.69. The molecule has 178 valence electrons. The van der Waals surface area contributed by atoms with Crippen molar-refractivity contribution < 1.29 is 19.5 Å². The predicted molar refractivity (Wildman–Crippen MR) is 134 cm³/mol. The van der Waals surface area contributed by atoms with Crippen LogP contribution in [0.1, 0.15) is 62.5 Å². The van der Waals surface area contributed by atoms with Crippen LogP contribution >= 0.6 is 11.6 Å². The number of hydrogen-bond donors (Lipinski definition) is 1. The molecular weight excluding hydrogens is 464 g/mol. The number of carboxylic acids is 1. The van der Waals surface area contributed by atoms with E-state index in [1.807, 2.05) is 24.1 Å². The highest BCUT2D eigenvalue weighted by molar-refractivity contribution is 6.30. The highest BCUT2D eigenvalue weighted by Gasteiger charge is 2.43. The first kappa shape index (κ1) is 23.2. The van der Waals surface area contributed by atoms with Gasteiger partial charge < -0.3 is 10.0 Å². The van der Waals surface area contributed by atoms with E-state index < -0.39 is 11.8 Å². The van der Waals surface area contributed by atoms with Crippen LogP contribution in [0.5, 0.6) is 0 Å². The molecule has 5 rings (SSSR count). The summed E-state index contributed by atoms with van der Waals surface area (Å²) in [6.45, 7) is 0. The number of benzene rings is 2. The Morgan fingerprint density at radius 1 is 0.943 bits per heavy atom. The Kier molecular flexibility index (Phi) is 6.15. The zero-order valence-electron chi connectivity index (χ0n) is 19.3. The first-order chi connectivity index (χ1) is 16.8. The molecule has 3 unspecified atom stereocenters. The number of rotatable bonds is 7. The number of ketones is 2. The Morgan fingerprint density at radius 3 is 2.29 bits per heavy atom. The molecule has 7 heteroatoms. The molecule has 3 atom stereocenters. The number of halogens is 1. The summed E-state index contributed by atoms with van der Waals surface area (Å²) in [6.07, 6.45) is 5.69. The standard InChI is InChI=1S/C28H25ClN2O4/c1-31(20-7-5-19(29)6-8-20)21-9-11-25(30-15-21)26(32)18-4-10-22(24(14-18)28(34)35)27(33)23-13-16-2-3-17(23)12-16/h4-11,14-17,23H,2-3,12-13H2,1H3,(H,34,35). The minimum Gasteiger partial charge on any atom is -0.478 e. The number of anilines is 2. The van der Waals surface area contributed by atoms with E-state index in [0.717, 1.165) is 37.1 Å². The van der Waals surface area contributed by atoms with Gasteiger partial charge in [0, 0.05) is 34.8 Å². The van der Waals surface area contributed by atoms with E-state index in [4.69, 9.17) is 11.6 Å². The summed E-state index contributed by atoms with van der Waals surface area (Å²) in [5.74, 6) is -0.896. The van der Waals surface area contributed by atoms with Crippen LogP contribution in [0, 0.1) is 17.8 Å². The molecule has 35 heavy (non-hydrogen) atoms. The average Bonchev–Trinajstić information content (AvgIpc) is 3.52. The van der Waals surface area contributed by atoms with Gasteiger partial charge in [0.05, 0.1) is 17.4 Å². The third-order valence-electron chi connectivity index (χ3n) is 7.43. The topological polar surface area (TPSA) is 87.6 Å². The second-order valence-electron chi connectivity index (χ2n) is 9.48. The highest BCUT2D eigenvalue weighted by atomic mass is 35.5. The minimum absolute atomic E-state index is 0.110. The van der Waals surface area contributed by atoms with Gasteiger partial charge in [-0.15, -0.1) is 0 Å². The lowest BCUT2D eigenvalue weighted by atomic mass is 9.82. The van der Waals surface area contributed by atoms with Gasteiger partial charge in [-0.1, -0.05) is 24.1 Å². The molecular formula is C28H25ClN2O4. The number of Topliss-reactive ketones (excluding diaryl/α,β-unsaturated/α-hetero) is 1. The Morgan fingerprint density at radius 2 is 1.69 bits per heavy atom. The lowest BCUT2D eigenvalue weighted by molar-refractivity contribution is 0.0688. The van der Waals surface area contributed by atoms with Crippen LogP contribution < -0.4 is 4.90 Å². The molecule has 1 N–H and O–H groups in total. The van der Waals surface area contributed by atoms with Crippen molar-refractivity contribution in [3.05, 3.63) is 88.2 Å². The van der Waals surface area contributed by atoms with Crippen molar-refractivity contribution in [3.8, 4) is 0 Å². The van der Waals surface area contributed by atoms with Crippen molar-refractivity contribution in [2.24, 2.45) is 17.8 Å². The zero-order valence-corrected chi connectivity index (χ0v) is 20.0. The Hall–Kier alpha value is -3.51. The molecule has 2 aliphatic carbocycles. The Labute approximate surface area is 208 Å². The fourth-order valence-electron chi connectivity index (χ4n) is 5.52. The van der Waals surface area contributed by atoms with E-state index in [1.54, 1.807) is 30.5 Å². The van der Waals surface area contributed by atoms with E-state index in [-0.39, 0.29) is 34.1 Å². The van der Waals surface area contributed by atoms with E-state index in [0.29, 0.717) is 16.9 Å². The quantitative estimate of drug-likeness (QED) is 0.407. The summed E-state index contributed by atoms with van der Waals surface area (Å²) in [7, 11) is 1.88. The molecule has 1 heterocycles. The summed E-state index contributed by atoms with van der Waals surface area (Å²) in [6, 6.07) is 15.1.